The summed E-state index contributed by atoms with van der Waals surface area (Å²) in [5, 5.41) is 0.367. The van der Waals surface area contributed by atoms with E-state index in [0.717, 1.165) is 57.3 Å². The Balaban J connectivity index is 3.39. The van der Waals surface area contributed by atoms with E-state index in [1.165, 1.54) is 37.4 Å². The van der Waals surface area contributed by atoms with Crippen molar-refractivity contribution in [3.8, 4) is 0 Å². The van der Waals surface area contributed by atoms with Gasteiger partial charge in [0.2, 0.25) is 0 Å². The molecular formula is C19H41NO3SSi. The summed E-state index contributed by atoms with van der Waals surface area (Å²) in [6, 6.07) is 1.12. The van der Waals surface area contributed by atoms with Crippen molar-refractivity contribution >= 4 is 25.9 Å². The number of nitrogens with zero attached hydrogens (tertiary/aromatic N) is 1. The third-order valence-corrected chi connectivity index (χ3v) is 7.33. The van der Waals surface area contributed by atoms with Crippen LogP contribution in [-0.2, 0) is 14.0 Å². The lowest BCUT2D eigenvalue weighted by atomic mass is 10.1. The molecule has 0 spiro atoms. The van der Waals surface area contributed by atoms with Gasteiger partial charge in [-0.2, -0.15) is 0 Å². The van der Waals surface area contributed by atoms with E-state index in [0.29, 0.717) is 11.9 Å². The van der Waals surface area contributed by atoms with Gasteiger partial charge in [0.1, 0.15) is 6.79 Å². The zero-order valence-electron chi connectivity index (χ0n) is 17.1. The molecule has 0 aliphatic heterocycles. The zero-order valence-corrected chi connectivity index (χ0v) is 19.0. The Morgan fingerprint density at radius 2 is 1.76 bits per heavy atom. The molecule has 0 saturated carbocycles. The van der Waals surface area contributed by atoms with Crippen molar-refractivity contribution in [2.75, 3.05) is 38.8 Å². The van der Waals surface area contributed by atoms with Crippen molar-refractivity contribution < 1.29 is 14.0 Å². The second kappa shape index (κ2) is 18.9. The SMILES string of the molecule is CCCCCCCC(=O)SCCC[SiH](C)OCOCCN(CC)CC. The molecule has 0 aromatic heterocycles. The van der Waals surface area contributed by atoms with Gasteiger partial charge in [0.25, 0.3) is 0 Å². The van der Waals surface area contributed by atoms with Crippen LogP contribution in [0.15, 0.2) is 0 Å². The van der Waals surface area contributed by atoms with E-state index in [1.807, 2.05) is 0 Å². The van der Waals surface area contributed by atoms with Crippen molar-refractivity contribution in [1.82, 2.24) is 4.90 Å². The van der Waals surface area contributed by atoms with Gasteiger partial charge >= 0.3 is 0 Å². The normalized spacial score (nSPS) is 12.7. The van der Waals surface area contributed by atoms with Crippen LogP contribution in [0.4, 0.5) is 0 Å². The highest BCUT2D eigenvalue weighted by Gasteiger charge is 2.07. The number of hydrogen-bond acceptors (Lipinski definition) is 5. The fraction of sp³-hybridized carbons (Fsp3) is 0.947. The van der Waals surface area contributed by atoms with Gasteiger partial charge in [-0.25, -0.2) is 0 Å². The van der Waals surface area contributed by atoms with Crippen LogP contribution in [0.3, 0.4) is 0 Å². The average Bonchev–Trinajstić information content (AvgIpc) is 2.61. The maximum absolute atomic E-state index is 11.8. The van der Waals surface area contributed by atoms with Crippen molar-refractivity contribution in [3.05, 3.63) is 0 Å². The number of unbranched alkanes of at least 4 members (excludes halogenated alkanes) is 4. The Morgan fingerprint density at radius 1 is 1.04 bits per heavy atom. The van der Waals surface area contributed by atoms with Gasteiger partial charge in [-0.3, -0.25) is 4.79 Å². The van der Waals surface area contributed by atoms with Crippen LogP contribution in [0.5, 0.6) is 0 Å². The van der Waals surface area contributed by atoms with E-state index in [-0.39, 0.29) is 0 Å². The summed E-state index contributed by atoms with van der Waals surface area (Å²) in [7, 11) is -1.15. The lowest BCUT2D eigenvalue weighted by Gasteiger charge is -2.18. The first-order chi connectivity index (χ1) is 12.1. The molecule has 0 radical (unpaired) electrons. The average molecular weight is 392 g/mol. The maximum atomic E-state index is 11.8. The molecule has 1 unspecified atom stereocenters. The molecule has 0 fully saturated rings. The van der Waals surface area contributed by atoms with Crippen molar-refractivity contribution in [3.63, 3.8) is 0 Å². The van der Waals surface area contributed by atoms with Gasteiger partial charge in [0, 0.05) is 18.7 Å². The predicted octanol–water partition coefficient (Wildman–Crippen LogP) is 4.68. The highest BCUT2D eigenvalue weighted by molar-refractivity contribution is 8.13. The number of thioether (sulfide) groups is 1. The smallest absolute Gasteiger partial charge is 0.188 e. The lowest BCUT2D eigenvalue weighted by Crippen LogP contribution is -2.27. The van der Waals surface area contributed by atoms with Crippen molar-refractivity contribution in [2.45, 2.75) is 78.3 Å². The summed E-state index contributed by atoms with van der Waals surface area (Å²) in [6.07, 6.45) is 7.91. The second-order valence-corrected chi connectivity index (χ2v) is 10.2. The molecule has 0 N–H and O–H groups in total. The fourth-order valence-electron chi connectivity index (χ4n) is 2.54. The molecule has 150 valence electrons. The van der Waals surface area contributed by atoms with E-state index in [1.54, 1.807) is 0 Å². The van der Waals surface area contributed by atoms with E-state index < -0.39 is 9.04 Å². The molecular weight excluding hydrogens is 350 g/mol. The Bertz CT molecular complexity index is 304. The summed E-state index contributed by atoms with van der Waals surface area (Å²) >= 11 is 1.51. The Kier molecular flexibility index (Phi) is 19.0. The molecule has 0 aliphatic carbocycles. The first-order valence-electron chi connectivity index (χ1n) is 10.2. The Hall–Kier alpha value is 0.117. The highest BCUT2D eigenvalue weighted by atomic mass is 32.2. The number of ether oxygens (including phenoxy) is 1. The maximum Gasteiger partial charge on any atom is 0.188 e. The van der Waals surface area contributed by atoms with Gasteiger partial charge < -0.3 is 14.1 Å². The molecule has 25 heavy (non-hydrogen) atoms. The molecule has 0 amide bonds. The molecule has 0 aromatic rings. The van der Waals surface area contributed by atoms with Gasteiger partial charge in [0.15, 0.2) is 14.2 Å². The molecule has 0 heterocycles. The van der Waals surface area contributed by atoms with E-state index in [4.69, 9.17) is 9.16 Å². The largest absolute Gasteiger partial charge is 0.398 e. The molecule has 4 nitrogen and oxygen atoms in total. The quantitative estimate of drug-likeness (QED) is 0.193. The van der Waals surface area contributed by atoms with Gasteiger partial charge in [-0.1, -0.05) is 58.2 Å². The van der Waals surface area contributed by atoms with E-state index in [2.05, 4.69) is 32.2 Å². The summed E-state index contributed by atoms with van der Waals surface area (Å²) in [5.41, 5.74) is 0. The van der Waals surface area contributed by atoms with Gasteiger partial charge in [-0.15, -0.1) is 0 Å². The van der Waals surface area contributed by atoms with E-state index >= 15 is 0 Å². The van der Waals surface area contributed by atoms with Crippen molar-refractivity contribution in [1.29, 1.82) is 0 Å². The van der Waals surface area contributed by atoms with E-state index in [9.17, 15) is 4.79 Å². The fourth-order valence-corrected chi connectivity index (χ4v) is 4.94. The molecule has 0 aromatic carbocycles. The summed E-state index contributed by atoms with van der Waals surface area (Å²) in [6.45, 7) is 13.1. The Morgan fingerprint density at radius 3 is 2.44 bits per heavy atom. The minimum Gasteiger partial charge on any atom is -0.398 e. The minimum atomic E-state index is -1.15. The third kappa shape index (κ3) is 17.3. The first-order valence-corrected chi connectivity index (χ1v) is 13.6. The topological polar surface area (TPSA) is 38.8 Å². The molecule has 0 rings (SSSR count). The minimum absolute atomic E-state index is 0.367. The van der Waals surface area contributed by atoms with Gasteiger partial charge in [0.05, 0.1) is 6.61 Å². The van der Waals surface area contributed by atoms with Crippen LogP contribution in [0.1, 0.15) is 65.7 Å². The number of carbonyl (C=O) groups is 1. The standard InChI is InChI=1S/C19H41NO3SSi/c1-5-8-9-10-11-13-19(21)24-16-12-17-25(4)23-18-22-15-14-20(6-2)7-3/h25H,5-18H2,1-4H3. The molecule has 0 bridgehead atoms. The summed E-state index contributed by atoms with van der Waals surface area (Å²) < 4.78 is 11.4. The number of carbonyl (C=O) groups excluding carboxylic acids is 1. The number of rotatable bonds is 18. The summed E-state index contributed by atoms with van der Waals surface area (Å²) in [5.74, 6) is 0.942. The lowest BCUT2D eigenvalue weighted by molar-refractivity contribution is -0.111. The molecule has 6 heteroatoms. The zero-order chi connectivity index (χ0) is 18.8. The van der Waals surface area contributed by atoms with Gasteiger partial charge in [-0.05, 0) is 38.5 Å². The van der Waals surface area contributed by atoms with Crippen LogP contribution in [0.2, 0.25) is 12.6 Å². The van der Waals surface area contributed by atoms with Crippen LogP contribution < -0.4 is 0 Å². The molecule has 1 atom stereocenters. The highest BCUT2D eigenvalue weighted by Crippen LogP contribution is 2.14. The van der Waals surface area contributed by atoms with Crippen molar-refractivity contribution in [2.24, 2.45) is 0 Å². The second-order valence-electron chi connectivity index (χ2n) is 6.56. The van der Waals surface area contributed by atoms with Crippen LogP contribution >= 0.6 is 11.8 Å². The number of hydrogen-bond donors (Lipinski definition) is 0. The monoisotopic (exact) mass is 391 g/mol. The third-order valence-electron chi connectivity index (χ3n) is 4.38. The predicted molar refractivity (Wildman–Crippen MR) is 113 cm³/mol. The van der Waals surface area contributed by atoms with Crippen LogP contribution in [-0.4, -0.2) is 57.8 Å². The molecule has 0 saturated heterocycles. The number of likely N-dealkylation sites (N-methyl/N-ethyl adjacent to an activating group) is 1. The van der Waals surface area contributed by atoms with Crippen LogP contribution in [0.25, 0.3) is 0 Å². The molecule has 0 aliphatic rings. The first kappa shape index (κ1) is 25.1. The Labute approximate surface area is 162 Å². The summed E-state index contributed by atoms with van der Waals surface area (Å²) in [4.78, 5) is 14.1. The van der Waals surface area contributed by atoms with Crippen LogP contribution in [0, 0.1) is 0 Å².